The van der Waals surface area contributed by atoms with E-state index in [4.69, 9.17) is 29.2 Å². The quantitative estimate of drug-likeness (QED) is 0.246. The van der Waals surface area contributed by atoms with Gasteiger partial charge >= 0.3 is 5.97 Å². The van der Waals surface area contributed by atoms with Gasteiger partial charge in [0.15, 0.2) is 0 Å². The number of carbonyl (C=O) groups excluding carboxylic acids is 1. The number of piperidine rings is 1. The maximum atomic E-state index is 14.2. The molecule has 2 fully saturated rings. The van der Waals surface area contributed by atoms with Crippen molar-refractivity contribution in [3.63, 3.8) is 0 Å². The molecule has 6 rings (SSSR count). The number of aromatic nitrogens is 3. The van der Waals surface area contributed by atoms with Crippen LogP contribution in [-0.2, 0) is 29.2 Å². The molecular formula is C32H32FN5O5. The topological polar surface area (TPSA) is 112 Å². The molecule has 2 aromatic carbocycles. The Hall–Kier alpha value is -4.53. The summed E-state index contributed by atoms with van der Waals surface area (Å²) in [6, 6.07) is 17.0. The van der Waals surface area contributed by atoms with Gasteiger partial charge in [-0.15, -0.1) is 0 Å². The summed E-state index contributed by atoms with van der Waals surface area (Å²) in [4.78, 5) is 23.9. The van der Waals surface area contributed by atoms with Crippen LogP contribution in [0, 0.1) is 17.1 Å². The molecule has 10 nitrogen and oxygen atoms in total. The zero-order valence-electron chi connectivity index (χ0n) is 23.9. The van der Waals surface area contributed by atoms with E-state index in [1.54, 1.807) is 30.3 Å². The molecule has 1 unspecified atom stereocenters. The van der Waals surface area contributed by atoms with Gasteiger partial charge in [0.1, 0.15) is 24.4 Å². The summed E-state index contributed by atoms with van der Waals surface area (Å²) in [5.41, 5.74) is 2.85. The fourth-order valence-corrected chi connectivity index (χ4v) is 5.36. The number of ether oxygens (including phenoxy) is 4. The molecule has 0 N–H and O–H groups in total. The third-order valence-electron chi connectivity index (χ3n) is 7.87. The molecule has 2 saturated heterocycles. The zero-order valence-corrected chi connectivity index (χ0v) is 23.9. The van der Waals surface area contributed by atoms with Crippen LogP contribution in [0.4, 0.5) is 4.39 Å². The molecular weight excluding hydrogens is 553 g/mol. The number of nitrogens with zero attached hydrogens (tertiary/aromatic N) is 5. The Morgan fingerprint density at radius 1 is 1.09 bits per heavy atom. The number of imidazole rings is 1. The second kappa shape index (κ2) is 12.8. The third kappa shape index (κ3) is 6.61. The lowest BCUT2D eigenvalue weighted by atomic mass is 10.1. The smallest absolute Gasteiger partial charge is 0.337 e. The Bertz CT molecular complexity index is 1660. The van der Waals surface area contributed by atoms with Crippen molar-refractivity contribution in [1.29, 1.82) is 5.26 Å². The van der Waals surface area contributed by atoms with Crippen molar-refractivity contribution in [3.8, 4) is 17.8 Å². The first-order chi connectivity index (χ1) is 21.0. The number of carbonyl (C=O) groups is 1. The van der Waals surface area contributed by atoms with Crippen LogP contribution in [0.1, 0.15) is 46.6 Å². The van der Waals surface area contributed by atoms with Crippen molar-refractivity contribution in [3.05, 3.63) is 82.9 Å². The number of rotatable bonds is 10. The first-order valence-corrected chi connectivity index (χ1v) is 14.4. The van der Waals surface area contributed by atoms with Crippen molar-refractivity contribution in [2.24, 2.45) is 0 Å². The number of hydrogen-bond donors (Lipinski definition) is 0. The molecule has 0 spiro atoms. The normalized spacial score (nSPS) is 17.3. The average molecular weight is 586 g/mol. The van der Waals surface area contributed by atoms with Gasteiger partial charge in [0.25, 0.3) is 0 Å². The molecule has 0 aliphatic carbocycles. The van der Waals surface area contributed by atoms with E-state index < -0.39 is 5.82 Å². The molecule has 2 aliphatic heterocycles. The SMILES string of the molecule is COC(=O)c1ccc2nc(CN3CCC(Oc4cccc(OCc5ccc(C#N)cc5F)n4)CC3)n(CC3CCO3)c2c1. The Labute approximate surface area is 248 Å². The van der Waals surface area contributed by atoms with Crippen molar-refractivity contribution in [2.45, 2.75) is 51.2 Å². The molecule has 4 heterocycles. The Balaban J connectivity index is 1.06. The minimum absolute atomic E-state index is 0.000205. The first kappa shape index (κ1) is 28.6. The van der Waals surface area contributed by atoms with E-state index in [2.05, 4.69) is 14.5 Å². The molecule has 2 aliphatic rings. The summed E-state index contributed by atoms with van der Waals surface area (Å²) >= 11 is 0. The average Bonchev–Trinajstić information content (AvgIpc) is 3.34. The minimum Gasteiger partial charge on any atom is -0.474 e. The van der Waals surface area contributed by atoms with E-state index in [1.807, 2.05) is 18.2 Å². The van der Waals surface area contributed by atoms with E-state index in [0.29, 0.717) is 36.0 Å². The van der Waals surface area contributed by atoms with E-state index in [0.717, 1.165) is 55.8 Å². The van der Waals surface area contributed by atoms with E-state index in [-0.39, 0.29) is 30.3 Å². The number of nitriles is 1. The van der Waals surface area contributed by atoms with Crippen LogP contribution in [0.5, 0.6) is 11.8 Å². The number of likely N-dealkylation sites (tertiary alicyclic amines) is 1. The van der Waals surface area contributed by atoms with E-state index in [1.165, 1.54) is 19.2 Å². The number of pyridine rings is 1. The van der Waals surface area contributed by atoms with Crippen LogP contribution in [0.2, 0.25) is 0 Å². The van der Waals surface area contributed by atoms with Crippen molar-refractivity contribution in [1.82, 2.24) is 19.4 Å². The highest BCUT2D eigenvalue weighted by Crippen LogP contribution is 2.26. The lowest BCUT2D eigenvalue weighted by Crippen LogP contribution is -2.39. The monoisotopic (exact) mass is 585 g/mol. The Morgan fingerprint density at radius 2 is 1.91 bits per heavy atom. The summed E-state index contributed by atoms with van der Waals surface area (Å²) in [6.07, 6.45) is 2.79. The van der Waals surface area contributed by atoms with Crippen molar-refractivity contribution < 1.29 is 28.1 Å². The standard InChI is InChI=1S/C32H32FN5O5/c1-40-32(39)22-7-8-27-28(16-22)38(18-25-11-14-41-25)29(35-27)19-37-12-9-24(10-13-37)43-31-4-2-3-30(36-31)42-20-23-6-5-21(17-34)15-26(23)33/h2-8,15-16,24-25H,9-14,18-20H2,1H3. The molecule has 222 valence electrons. The van der Waals surface area contributed by atoms with Gasteiger partial charge in [0.2, 0.25) is 11.8 Å². The predicted octanol–water partition coefficient (Wildman–Crippen LogP) is 4.64. The van der Waals surface area contributed by atoms with Crippen LogP contribution in [0.3, 0.4) is 0 Å². The highest BCUT2D eigenvalue weighted by molar-refractivity contribution is 5.93. The molecule has 0 radical (unpaired) electrons. The number of hydrogen-bond acceptors (Lipinski definition) is 9. The van der Waals surface area contributed by atoms with Gasteiger partial charge < -0.3 is 23.5 Å². The van der Waals surface area contributed by atoms with Crippen molar-refractivity contribution in [2.75, 3.05) is 26.8 Å². The number of methoxy groups -OCH3 is 1. The summed E-state index contributed by atoms with van der Waals surface area (Å²) in [6.45, 7) is 3.79. The number of benzene rings is 2. The minimum atomic E-state index is -0.490. The maximum Gasteiger partial charge on any atom is 0.337 e. The van der Waals surface area contributed by atoms with Gasteiger partial charge in [-0.2, -0.15) is 10.2 Å². The Morgan fingerprint density at radius 3 is 2.63 bits per heavy atom. The molecule has 43 heavy (non-hydrogen) atoms. The number of fused-ring (bicyclic) bond motifs is 1. The van der Waals surface area contributed by atoms with Gasteiger partial charge in [-0.05, 0) is 49.6 Å². The maximum absolute atomic E-state index is 14.2. The largest absolute Gasteiger partial charge is 0.474 e. The molecule has 0 bridgehead atoms. The van der Waals surface area contributed by atoms with Crippen LogP contribution in [0.15, 0.2) is 54.6 Å². The summed E-state index contributed by atoms with van der Waals surface area (Å²) in [7, 11) is 1.38. The molecule has 0 amide bonds. The first-order valence-electron chi connectivity index (χ1n) is 14.4. The molecule has 2 aromatic heterocycles. The van der Waals surface area contributed by atoms with Crippen LogP contribution >= 0.6 is 0 Å². The lowest BCUT2D eigenvalue weighted by Gasteiger charge is -2.32. The Kier molecular flexibility index (Phi) is 8.49. The molecule has 4 aromatic rings. The van der Waals surface area contributed by atoms with Gasteiger partial charge in [-0.25, -0.2) is 14.2 Å². The second-order valence-electron chi connectivity index (χ2n) is 10.7. The second-order valence-corrected chi connectivity index (χ2v) is 10.7. The van der Waals surface area contributed by atoms with E-state index >= 15 is 0 Å². The fourth-order valence-electron chi connectivity index (χ4n) is 5.36. The molecule has 1 atom stereocenters. The van der Waals surface area contributed by atoms with Crippen LogP contribution in [0.25, 0.3) is 11.0 Å². The fraction of sp³-hybridized carbons (Fsp3) is 0.375. The summed E-state index contributed by atoms with van der Waals surface area (Å²) in [5.74, 6) is 0.876. The predicted molar refractivity (Wildman–Crippen MR) is 154 cm³/mol. The van der Waals surface area contributed by atoms with Gasteiger partial charge in [0, 0.05) is 37.4 Å². The van der Waals surface area contributed by atoms with Gasteiger partial charge in [-0.1, -0.05) is 12.1 Å². The van der Waals surface area contributed by atoms with Crippen molar-refractivity contribution >= 4 is 17.0 Å². The molecule has 11 heteroatoms. The van der Waals surface area contributed by atoms with Crippen LogP contribution in [-0.4, -0.2) is 64.4 Å². The van der Waals surface area contributed by atoms with E-state index in [9.17, 15) is 9.18 Å². The van der Waals surface area contributed by atoms with Crippen LogP contribution < -0.4 is 9.47 Å². The highest BCUT2D eigenvalue weighted by atomic mass is 19.1. The number of esters is 1. The molecule has 0 saturated carbocycles. The summed E-state index contributed by atoms with van der Waals surface area (Å²) in [5, 5.41) is 8.92. The lowest BCUT2D eigenvalue weighted by molar-refractivity contribution is -0.0592. The highest BCUT2D eigenvalue weighted by Gasteiger charge is 2.26. The number of halogens is 1. The third-order valence-corrected chi connectivity index (χ3v) is 7.87. The summed E-state index contributed by atoms with van der Waals surface area (Å²) < 4.78 is 38.9. The zero-order chi connectivity index (χ0) is 29.8. The van der Waals surface area contributed by atoms with Gasteiger partial charge in [0.05, 0.1) is 54.5 Å². The van der Waals surface area contributed by atoms with Gasteiger partial charge in [-0.3, -0.25) is 4.90 Å².